The maximum atomic E-state index is 12.8. The van der Waals surface area contributed by atoms with E-state index in [9.17, 15) is 12.8 Å². The third kappa shape index (κ3) is 3.52. The molecule has 0 saturated heterocycles. The van der Waals surface area contributed by atoms with E-state index in [0.29, 0.717) is 11.1 Å². The molecule has 3 nitrogen and oxygen atoms in total. The summed E-state index contributed by atoms with van der Waals surface area (Å²) in [6.45, 7) is 1.69. The molecule has 72 valence electrons. The monoisotopic (exact) mass is 203 g/mol. The molecule has 0 aliphatic rings. The second-order valence-corrected chi connectivity index (χ2v) is 4.56. The summed E-state index contributed by atoms with van der Waals surface area (Å²) in [5, 5.41) is 4.82. The minimum atomic E-state index is -3.58. The first-order valence-corrected chi connectivity index (χ1v) is 5.35. The van der Waals surface area contributed by atoms with E-state index in [1.165, 1.54) is 6.07 Å². The summed E-state index contributed by atoms with van der Waals surface area (Å²) in [4.78, 5) is 0. The van der Waals surface area contributed by atoms with Crippen LogP contribution in [0.25, 0.3) is 0 Å². The first-order valence-electron chi connectivity index (χ1n) is 3.63. The van der Waals surface area contributed by atoms with Crippen molar-refractivity contribution in [2.24, 2.45) is 5.14 Å². The van der Waals surface area contributed by atoms with Gasteiger partial charge in [-0.1, -0.05) is 6.07 Å². The van der Waals surface area contributed by atoms with E-state index in [4.69, 9.17) is 5.14 Å². The number of hydrogen-bond acceptors (Lipinski definition) is 2. The first kappa shape index (κ1) is 10.1. The highest BCUT2D eigenvalue weighted by Crippen LogP contribution is 2.10. The highest BCUT2D eigenvalue weighted by atomic mass is 32.2. The molecule has 0 aliphatic carbocycles. The van der Waals surface area contributed by atoms with Crippen LogP contribution >= 0.6 is 0 Å². The lowest BCUT2D eigenvalue weighted by Crippen LogP contribution is -2.14. The standard InChI is InChI=1S/C8H10FNO2S/c1-6-2-7(4-8(9)3-6)5-13(10,11)12/h2-4H,5H2,1H3,(H2,10,11,12). The van der Waals surface area contributed by atoms with Gasteiger partial charge < -0.3 is 0 Å². The van der Waals surface area contributed by atoms with Crippen molar-refractivity contribution in [3.8, 4) is 0 Å². The van der Waals surface area contributed by atoms with Crippen LogP contribution in [0.2, 0.25) is 0 Å². The minimum Gasteiger partial charge on any atom is -0.228 e. The van der Waals surface area contributed by atoms with Gasteiger partial charge in [0, 0.05) is 0 Å². The molecule has 1 rings (SSSR count). The molecule has 0 atom stereocenters. The van der Waals surface area contributed by atoms with Crippen molar-refractivity contribution in [1.82, 2.24) is 0 Å². The van der Waals surface area contributed by atoms with Gasteiger partial charge in [-0.2, -0.15) is 0 Å². The van der Waals surface area contributed by atoms with Crippen molar-refractivity contribution < 1.29 is 12.8 Å². The zero-order valence-electron chi connectivity index (χ0n) is 7.12. The van der Waals surface area contributed by atoms with Gasteiger partial charge in [0.2, 0.25) is 10.0 Å². The number of benzene rings is 1. The molecular formula is C8H10FNO2S. The number of hydrogen-bond donors (Lipinski definition) is 1. The second-order valence-electron chi connectivity index (χ2n) is 2.94. The van der Waals surface area contributed by atoms with Gasteiger partial charge in [-0.3, -0.25) is 0 Å². The van der Waals surface area contributed by atoms with Crippen LogP contribution in [-0.4, -0.2) is 8.42 Å². The summed E-state index contributed by atoms with van der Waals surface area (Å²) in [5.74, 6) is -0.773. The van der Waals surface area contributed by atoms with Gasteiger partial charge in [-0.05, 0) is 30.2 Å². The zero-order valence-corrected chi connectivity index (χ0v) is 7.94. The van der Waals surface area contributed by atoms with Crippen molar-refractivity contribution in [3.63, 3.8) is 0 Å². The Morgan fingerprint density at radius 2 is 2.00 bits per heavy atom. The first-order chi connectivity index (χ1) is 5.87. The molecule has 1 aromatic rings. The van der Waals surface area contributed by atoms with Gasteiger partial charge in [0.05, 0.1) is 5.75 Å². The Labute approximate surface area is 76.4 Å². The lowest BCUT2D eigenvalue weighted by Gasteiger charge is -2.01. The Morgan fingerprint density at radius 1 is 1.38 bits per heavy atom. The smallest absolute Gasteiger partial charge is 0.213 e. The fourth-order valence-electron chi connectivity index (χ4n) is 1.13. The summed E-state index contributed by atoms with van der Waals surface area (Å²) in [7, 11) is -3.58. The average Bonchev–Trinajstić information content (AvgIpc) is 1.78. The minimum absolute atomic E-state index is 0.328. The summed E-state index contributed by atoms with van der Waals surface area (Å²) < 4.78 is 34.1. The number of halogens is 1. The van der Waals surface area contributed by atoms with E-state index in [-0.39, 0.29) is 5.75 Å². The molecule has 0 unspecified atom stereocenters. The Kier molecular flexibility index (Phi) is 2.68. The summed E-state index contributed by atoms with van der Waals surface area (Å²) in [6, 6.07) is 4.08. The Hall–Kier alpha value is -0.940. The molecule has 1 aromatic carbocycles. The van der Waals surface area contributed by atoms with Gasteiger partial charge in [0.25, 0.3) is 0 Å². The van der Waals surface area contributed by atoms with Gasteiger partial charge in [-0.15, -0.1) is 0 Å². The van der Waals surface area contributed by atoms with Crippen molar-refractivity contribution in [3.05, 3.63) is 35.1 Å². The highest BCUT2D eigenvalue weighted by Gasteiger charge is 2.06. The van der Waals surface area contributed by atoms with E-state index < -0.39 is 15.8 Å². The van der Waals surface area contributed by atoms with Crippen molar-refractivity contribution in [1.29, 1.82) is 0 Å². The van der Waals surface area contributed by atoms with Crippen molar-refractivity contribution in [2.75, 3.05) is 0 Å². The molecule has 0 aliphatic heterocycles. The van der Waals surface area contributed by atoms with Gasteiger partial charge in [0.1, 0.15) is 5.82 Å². The average molecular weight is 203 g/mol. The predicted octanol–water partition coefficient (Wildman–Crippen LogP) is 0.923. The highest BCUT2D eigenvalue weighted by molar-refractivity contribution is 7.88. The molecule has 13 heavy (non-hydrogen) atoms. The fraction of sp³-hybridized carbons (Fsp3) is 0.250. The Morgan fingerprint density at radius 3 is 2.46 bits per heavy atom. The number of aryl methyl sites for hydroxylation is 1. The van der Waals surface area contributed by atoms with E-state index in [2.05, 4.69) is 0 Å². The van der Waals surface area contributed by atoms with E-state index in [0.717, 1.165) is 6.07 Å². The lowest BCUT2D eigenvalue weighted by molar-refractivity contribution is 0.596. The molecule has 0 bridgehead atoms. The normalized spacial score (nSPS) is 11.6. The SMILES string of the molecule is Cc1cc(F)cc(CS(N)(=O)=O)c1. The largest absolute Gasteiger partial charge is 0.228 e. The summed E-state index contributed by atoms with van der Waals surface area (Å²) in [6.07, 6.45) is 0. The van der Waals surface area contributed by atoms with Crippen molar-refractivity contribution >= 4 is 10.0 Å². The molecule has 0 aromatic heterocycles. The van der Waals surface area contributed by atoms with Crippen LogP contribution in [0.15, 0.2) is 18.2 Å². The third-order valence-electron chi connectivity index (χ3n) is 1.47. The lowest BCUT2D eigenvalue weighted by atomic mass is 10.1. The van der Waals surface area contributed by atoms with Crippen molar-refractivity contribution in [2.45, 2.75) is 12.7 Å². The van der Waals surface area contributed by atoms with Crippen LogP contribution in [0, 0.1) is 12.7 Å². The molecule has 0 amide bonds. The molecular weight excluding hydrogens is 193 g/mol. The van der Waals surface area contributed by atoms with E-state index in [1.54, 1.807) is 13.0 Å². The number of nitrogens with two attached hydrogens (primary N) is 1. The van der Waals surface area contributed by atoms with Crippen LogP contribution in [-0.2, 0) is 15.8 Å². The molecule has 0 heterocycles. The van der Waals surface area contributed by atoms with Gasteiger partial charge in [-0.25, -0.2) is 17.9 Å². The maximum Gasteiger partial charge on any atom is 0.213 e. The van der Waals surface area contributed by atoms with Gasteiger partial charge in [0.15, 0.2) is 0 Å². The summed E-state index contributed by atoms with van der Waals surface area (Å²) in [5.41, 5.74) is 1.05. The topological polar surface area (TPSA) is 60.2 Å². The number of primary sulfonamides is 1. The summed E-state index contributed by atoms with van der Waals surface area (Å²) >= 11 is 0. The van der Waals surface area contributed by atoms with Crippen LogP contribution in [0.3, 0.4) is 0 Å². The van der Waals surface area contributed by atoms with E-state index in [1.807, 2.05) is 0 Å². The number of rotatable bonds is 2. The predicted molar refractivity (Wildman–Crippen MR) is 47.9 cm³/mol. The number of sulfonamides is 1. The van der Waals surface area contributed by atoms with Crippen LogP contribution in [0.4, 0.5) is 4.39 Å². The Balaban J connectivity index is 3.03. The van der Waals surface area contributed by atoms with Crippen LogP contribution < -0.4 is 5.14 Å². The van der Waals surface area contributed by atoms with Gasteiger partial charge >= 0.3 is 0 Å². The Bertz CT molecular complexity index is 394. The molecule has 5 heteroatoms. The van der Waals surface area contributed by atoms with Crippen LogP contribution in [0.1, 0.15) is 11.1 Å². The molecule has 2 N–H and O–H groups in total. The molecule has 0 fully saturated rings. The molecule has 0 spiro atoms. The maximum absolute atomic E-state index is 12.8. The third-order valence-corrected chi connectivity index (χ3v) is 2.21. The molecule has 0 saturated carbocycles. The fourth-order valence-corrected chi connectivity index (χ4v) is 1.76. The quantitative estimate of drug-likeness (QED) is 0.777. The van der Waals surface area contributed by atoms with E-state index >= 15 is 0 Å². The second kappa shape index (κ2) is 3.43. The van der Waals surface area contributed by atoms with Crippen LogP contribution in [0.5, 0.6) is 0 Å². The zero-order chi connectivity index (χ0) is 10.1. The molecule has 0 radical (unpaired) electrons.